The van der Waals surface area contributed by atoms with Gasteiger partial charge < -0.3 is 5.11 Å². The monoisotopic (exact) mass is 183 g/mol. The topological polar surface area (TPSA) is 50.2 Å². The second-order valence-electron chi connectivity index (χ2n) is 2.71. The lowest BCUT2D eigenvalue weighted by atomic mass is 9.99. The van der Waals surface area contributed by atoms with Gasteiger partial charge in [0.25, 0.3) is 0 Å². The van der Waals surface area contributed by atoms with Crippen molar-refractivity contribution in [3.05, 3.63) is 29.8 Å². The molecule has 0 aliphatic rings. The van der Waals surface area contributed by atoms with E-state index in [4.69, 9.17) is 5.11 Å². The summed E-state index contributed by atoms with van der Waals surface area (Å²) < 4.78 is 12.4. The maximum Gasteiger partial charge on any atom is 0.311 e. The van der Waals surface area contributed by atoms with Gasteiger partial charge in [0.1, 0.15) is 0 Å². The van der Waals surface area contributed by atoms with Crippen molar-refractivity contribution < 1.29 is 14.3 Å². The minimum atomic E-state index is -0.907. The number of hydrogen-bond acceptors (Lipinski definition) is 2. The number of nitrogens with zero attached hydrogens (tertiary/aromatic N) is 1. The third-order valence-electron chi connectivity index (χ3n) is 1.86. The van der Waals surface area contributed by atoms with Crippen molar-refractivity contribution in [2.45, 2.75) is 19.3 Å². The van der Waals surface area contributed by atoms with Crippen LogP contribution >= 0.6 is 0 Å². The molecule has 1 atom stereocenters. The minimum Gasteiger partial charge on any atom is -0.481 e. The Morgan fingerprint density at radius 1 is 1.69 bits per heavy atom. The highest BCUT2D eigenvalue weighted by Gasteiger charge is 2.17. The van der Waals surface area contributed by atoms with E-state index in [0.717, 1.165) is 0 Å². The van der Waals surface area contributed by atoms with Gasteiger partial charge in [-0.15, -0.1) is 0 Å². The molecule has 0 spiro atoms. The van der Waals surface area contributed by atoms with Gasteiger partial charge in [0.15, 0.2) is 0 Å². The summed E-state index contributed by atoms with van der Waals surface area (Å²) in [4.78, 5) is 14.1. The smallest absolute Gasteiger partial charge is 0.311 e. The fourth-order valence-corrected chi connectivity index (χ4v) is 1.15. The average molecular weight is 183 g/mol. The van der Waals surface area contributed by atoms with E-state index in [1.807, 2.05) is 0 Å². The molecular formula is C9H10FNO2. The van der Waals surface area contributed by atoms with Gasteiger partial charge >= 0.3 is 5.97 Å². The Labute approximate surface area is 75.2 Å². The Bertz CT molecular complexity index is 297. The summed E-state index contributed by atoms with van der Waals surface area (Å²) in [6.45, 7) is 1.77. The van der Waals surface area contributed by atoms with Crippen molar-refractivity contribution in [3.8, 4) is 0 Å². The number of aliphatic carboxylic acids is 1. The van der Waals surface area contributed by atoms with E-state index in [2.05, 4.69) is 4.98 Å². The minimum absolute atomic E-state index is 0.475. The lowest BCUT2D eigenvalue weighted by Crippen LogP contribution is -2.10. The first-order valence-electron chi connectivity index (χ1n) is 3.99. The summed E-state index contributed by atoms with van der Waals surface area (Å²) in [6, 6.07) is 2.62. The average Bonchev–Trinajstić information content (AvgIpc) is 2.09. The Hall–Kier alpha value is -1.45. The fourth-order valence-electron chi connectivity index (χ4n) is 1.15. The lowest BCUT2D eigenvalue weighted by molar-refractivity contribution is -0.138. The van der Waals surface area contributed by atoms with Crippen LogP contribution in [0.2, 0.25) is 0 Å². The molecule has 0 radical (unpaired) electrons. The number of rotatable bonds is 3. The van der Waals surface area contributed by atoms with Crippen LogP contribution in [-0.2, 0) is 4.79 Å². The highest BCUT2D eigenvalue weighted by Crippen LogP contribution is 2.18. The van der Waals surface area contributed by atoms with Crippen LogP contribution in [0.5, 0.6) is 0 Å². The highest BCUT2D eigenvalue weighted by molar-refractivity contribution is 5.75. The molecule has 0 aliphatic carbocycles. The van der Waals surface area contributed by atoms with Gasteiger partial charge in [0.05, 0.1) is 5.92 Å². The third-order valence-corrected chi connectivity index (χ3v) is 1.86. The van der Waals surface area contributed by atoms with Crippen molar-refractivity contribution >= 4 is 5.97 Å². The summed E-state index contributed by atoms with van der Waals surface area (Å²) in [7, 11) is 0. The number of carboxylic acid groups (broad SMARTS) is 1. The van der Waals surface area contributed by atoms with E-state index in [1.54, 1.807) is 6.92 Å². The van der Waals surface area contributed by atoms with Crippen LogP contribution < -0.4 is 0 Å². The number of halogens is 1. The maximum absolute atomic E-state index is 12.4. The molecule has 70 valence electrons. The van der Waals surface area contributed by atoms with Gasteiger partial charge in [0, 0.05) is 6.20 Å². The first kappa shape index (κ1) is 9.64. The standard InChI is InChI=1S/C9H10FNO2/c1-2-7(9(12)13)6-3-4-8(10)11-5-6/h3-5,7H,2H2,1H3,(H,12,13). The SMILES string of the molecule is CCC(C(=O)O)c1ccc(F)nc1. The normalized spacial score (nSPS) is 12.5. The van der Waals surface area contributed by atoms with Gasteiger partial charge in [-0.25, -0.2) is 4.98 Å². The van der Waals surface area contributed by atoms with E-state index in [1.165, 1.54) is 18.3 Å². The highest BCUT2D eigenvalue weighted by atomic mass is 19.1. The molecule has 1 unspecified atom stereocenters. The predicted molar refractivity (Wildman–Crippen MR) is 44.9 cm³/mol. The quantitative estimate of drug-likeness (QED) is 0.727. The van der Waals surface area contributed by atoms with E-state index in [-0.39, 0.29) is 0 Å². The molecular weight excluding hydrogens is 173 g/mol. The van der Waals surface area contributed by atoms with Crippen LogP contribution in [0, 0.1) is 5.95 Å². The largest absolute Gasteiger partial charge is 0.481 e. The summed E-state index contributed by atoms with van der Waals surface area (Å²) >= 11 is 0. The van der Waals surface area contributed by atoms with Crippen molar-refractivity contribution in [3.63, 3.8) is 0 Å². The summed E-state index contributed by atoms with van der Waals surface area (Å²) in [5.41, 5.74) is 0.538. The summed E-state index contributed by atoms with van der Waals surface area (Å²) in [6.07, 6.45) is 1.74. The molecule has 1 rings (SSSR count). The number of hydrogen-bond donors (Lipinski definition) is 1. The van der Waals surface area contributed by atoms with Crippen molar-refractivity contribution in [2.75, 3.05) is 0 Å². The molecule has 0 bridgehead atoms. The molecule has 3 nitrogen and oxygen atoms in total. The van der Waals surface area contributed by atoms with Gasteiger partial charge in [-0.05, 0) is 18.1 Å². The molecule has 0 aliphatic heterocycles. The van der Waals surface area contributed by atoms with Crippen molar-refractivity contribution in [2.24, 2.45) is 0 Å². The molecule has 0 amide bonds. The molecule has 1 aromatic rings. The first-order chi connectivity index (χ1) is 6.15. The van der Waals surface area contributed by atoms with E-state index in [0.29, 0.717) is 12.0 Å². The van der Waals surface area contributed by atoms with E-state index >= 15 is 0 Å². The number of carboxylic acids is 1. The molecule has 1 aromatic heterocycles. The number of pyridine rings is 1. The molecule has 1 heterocycles. The Morgan fingerprint density at radius 3 is 2.77 bits per heavy atom. The zero-order valence-electron chi connectivity index (χ0n) is 7.20. The van der Waals surface area contributed by atoms with Crippen LogP contribution in [0.15, 0.2) is 18.3 Å². The third kappa shape index (κ3) is 2.24. The molecule has 0 fully saturated rings. The van der Waals surface area contributed by atoms with Gasteiger partial charge in [-0.2, -0.15) is 4.39 Å². The molecule has 0 aromatic carbocycles. The first-order valence-corrected chi connectivity index (χ1v) is 3.99. The Kier molecular flexibility index (Phi) is 2.95. The maximum atomic E-state index is 12.4. The number of carbonyl (C=O) groups is 1. The van der Waals surface area contributed by atoms with E-state index in [9.17, 15) is 9.18 Å². The molecule has 13 heavy (non-hydrogen) atoms. The van der Waals surface area contributed by atoms with Crippen LogP contribution in [-0.4, -0.2) is 16.1 Å². The van der Waals surface area contributed by atoms with E-state index < -0.39 is 17.8 Å². The zero-order chi connectivity index (χ0) is 9.84. The molecule has 1 N–H and O–H groups in total. The van der Waals surface area contributed by atoms with Crippen LogP contribution in [0.25, 0.3) is 0 Å². The van der Waals surface area contributed by atoms with Crippen LogP contribution in [0.3, 0.4) is 0 Å². The van der Waals surface area contributed by atoms with Gasteiger partial charge in [-0.1, -0.05) is 13.0 Å². The number of aromatic nitrogens is 1. The molecule has 0 saturated heterocycles. The predicted octanol–water partition coefficient (Wildman–Crippen LogP) is 1.80. The second-order valence-corrected chi connectivity index (χ2v) is 2.71. The Morgan fingerprint density at radius 2 is 2.38 bits per heavy atom. The second kappa shape index (κ2) is 3.98. The van der Waals surface area contributed by atoms with Crippen molar-refractivity contribution in [1.29, 1.82) is 0 Å². The van der Waals surface area contributed by atoms with Gasteiger partial charge in [0.2, 0.25) is 5.95 Å². The van der Waals surface area contributed by atoms with Crippen molar-refractivity contribution in [1.82, 2.24) is 4.98 Å². The molecule has 0 saturated carbocycles. The fraction of sp³-hybridized carbons (Fsp3) is 0.333. The van der Waals surface area contributed by atoms with Gasteiger partial charge in [-0.3, -0.25) is 4.79 Å². The zero-order valence-corrected chi connectivity index (χ0v) is 7.20. The summed E-state index contributed by atoms with van der Waals surface area (Å²) in [5.74, 6) is -2.09. The lowest BCUT2D eigenvalue weighted by Gasteiger charge is -2.08. The van der Waals surface area contributed by atoms with Crippen LogP contribution in [0.1, 0.15) is 24.8 Å². The van der Waals surface area contributed by atoms with Crippen LogP contribution in [0.4, 0.5) is 4.39 Å². The Balaban J connectivity index is 2.92. The summed E-state index contributed by atoms with van der Waals surface area (Å²) in [5, 5.41) is 8.77. The molecule has 4 heteroatoms.